The molecule has 1 fully saturated rings. The van der Waals surface area contributed by atoms with Crippen molar-refractivity contribution in [3.8, 4) is 6.07 Å². The lowest BCUT2D eigenvalue weighted by Gasteiger charge is -2.25. The first kappa shape index (κ1) is 17.1. The van der Waals surface area contributed by atoms with Crippen molar-refractivity contribution in [1.29, 1.82) is 5.26 Å². The summed E-state index contributed by atoms with van der Waals surface area (Å²) in [6.07, 6.45) is 11.1. The molecule has 0 aliphatic heterocycles. The van der Waals surface area contributed by atoms with Gasteiger partial charge < -0.3 is 0 Å². The van der Waals surface area contributed by atoms with Crippen LogP contribution in [-0.2, 0) is 6.42 Å². The van der Waals surface area contributed by atoms with E-state index in [-0.39, 0.29) is 0 Å². The molecule has 0 radical (unpaired) electrons. The molecule has 1 aliphatic rings. The summed E-state index contributed by atoms with van der Waals surface area (Å²) >= 11 is 0. The predicted octanol–water partition coefficient (Wildman–Crippen LogP) is 6.24. The van der Waals surface area contributed by atoms with Crippen molar-refractivity contribution in [3.05, 3.63) is 35.4 Å². The van der Waals surface area contributed by atoms with Gasteiger partial charge in [0.05, 0.1) is 6.07 Å². The normalized spacial score (nSPS) is 23.0. The molecule has 1 atom stereocenters. The molecule has 120 valence electrons. The smallest absolute Gasteiger partial charge is 0.0655 e. The predicted molar refractivity (Wildman–Crippen MR) is 93.8 cm³/mol. The Labute approximate surface area is 136 Å². The van der Waals surface area contributed by atoms with Crippen LogP contribution in [0.5, 0.6) is 0 Å². The standard InChI is InChI=1S/C21H31N/c1-3-5-6-17(4-2)15-18-7-11-20(12-8-18)21-13-9-19(16-22)10-14-21/h7-8,11-12,17,19,21H,3-6,9-10,13-15H2,1-2H3. The highest BCUT2D eigenvalue weighted by Gasteiger charge is 2.21. The lowest BCUT2D eigenvalue weighted by Crippen LogP contribution is -2.12. The minimum absolute atomic E-state index is 0.305. The lowest BCUT2D eigenvalue weighted by molar-refractivity contribution is 0.382. The SMILES string of the molecule is CCCCC(CC)Cc1ccc(C2CCC(C#N)CC2)cc1. The Morgan fingerprint density at radius 3 is 2.32 bits per heavy atom. The molecule has 1 heteroatoms. The van der Waals surface area contributed by atoms with Crippen molar-refractivity contribution < 1.29 is 0 Å². The van der Waals surface area contributed by atoms with Gasteiger partial charge in [-0.05, 0) is 55.1 Å². The third kappa shape index (κ3) is 4.87. The van der Waals surface area contributed by atoms with Crippen molar-refractivity contribution >= 4 is 0 Å². The van der Waals surface area contributed by atoms with Gasteiger partial charge >= 0.3 is 0 Å². The number of hydrogen-bond acceptors (Lipinski definition) is 1. The van der Waals surface area contributed by atoms with Gasteiger partial charge in [0.15, 0.2) is 0 Å². The summed E-state index contributed by atoms with van der Waals surface area (Å²) in [5.74, 6) is 1.83. The minimum atomic E-state index is 0.305. The summed E-state index contributed by atoms with van der Waals surface area (Å²) in [5, 5.41) is 9.00. The highest BCUT2D eigenvalue weighted by molar-refractivity contribution is 5.26. The van der Waals surface area contributed by atoms with E-state index in [1.807, 2.05) is 0 Å². The molecule has 0 saturated heterocycles. The molecule has 0 amide bonds. The van der Waals surface area contributed by atoms with Crippen LogP contribution in [0.4, 0.5) is 0 Å². The number of benzene rings is 1. The van der Waals surface area contributed by atoms with Crippen LogP contribution in [0, 0.1) is 23.2 Å². The van der Waals surface area contributed by atoms with E-state index in [0.717, 1.165) is 18.8 Å². The highest BCUT2D eigenvalue weighted by atomic mass is 14.3. The fraction of sp³-hybridized carbons (Fsp3) is 0.667. The van der Waals surface area contributed by atoms with Crippen molar-refractivity contribution in [2.45, 2.75) is 77.6 Å². The van der Waals surface area contributed by atoms with E-state index < -0.39 is 0 Å². The maximum atomic E-state index is 9.00. The first-order valence-corrected chi connectivity index (χ1v) is 9.25. The number of unbranched alkanes of at least 4 members (excludes halogenated alkanes) is 1. The van der Waals surface area contributed by atoms with Crippen LogP contribution >= 0.6 is 0 Å². The first-order chi connectivity index (χ1) is 10.8. The third-order valence-electron chi connectivity index (χ3n) is 5.43. The van der Waals surface area contributed by atoms with E-state index in [0.29, 0.717) is 11.8 Å². The van der Waals surface area contributed by atoms with Gasteiger partial charge in [-0.25, -0.2) is 0 Å². The Bertz CT molecular complexity index is 460. The largest absolute Gasteiger partial charge is 0.198 e. The molecule has 1 aromatic carbocycles. The zero-order chi connectivity index (χ0) is 15.8. The van der Waals surface area contributed by atoms with Crippen molar-refractivity contribution in [1.82, 2.24) is 0 Å². The van der Waals surface area contributed by atoms with Crippen molar-refractivity contribution in [2.24, 2.45) is 11.8 Å². The molecular formula is C21H31N. The van der Waals surface area contributed by atoms with Gasteiger partial charge in [0, 0.05) is 5.92 Å². The molecule has 1 aromatic rings. The van der Waals surface area contributed by atoms with E-state index in [9.17, 15) is 0 Å². The van der Waals surface area contributed by atoms with Crippen LogP contribution in [0.2, 0.25) is 0 Å². The maximum Gasteiger partial charge on any atom is 0.0655 e. The number of nitrogens with zero attached hydrogens (tertiary/aromatic N) is 1. The molecule has 0 aromatic heterocycles. The highest BCUT2D eigenvalue weighted by Crippen LogP contribution is 2.35. The zero-order valence-corrected chi connectivity index (χ0v) is 14.4. The average Bonchev–Trinajstić information content (AvgIpc) is 2.59. The fourth-order valence-electron chi connectivity index (χ4n) is 3.76. The molecular weight excluding hydrogens is 266 g/mol. The summed E-state index contributed by atoms with van der Waals surface area (Å²) in [6.45, 7) is 4.60. The van der Waals surface area contributed by atoms with Crippen LogP contribution in [-0.4, -0.2) is 0 Å². The first-order valence-electron chi connectivity index (χ1n) is 9.25. The molecule has 0 N–H and O–H groups in total. The summed E-state index contributed by atoms with van der Waals surface area (Å²) in [6, 6.07) is 11.8. The minimum Gasteiger partial charge on any atom is -0.198 e. The molecule has 1 aliphatic carbocycles. The van der Waals surface area contributed by atoms with Gasteiger partial charge in [-0.15, -0.1) is 0 Å². The van der Waals surface area contributed by atoms with Crippen LogP contribution in [0.25, 0.3) is 0 Å². The molecule has 0 spiro atoms. The quantitative estimate of drug-likeness (QED) is 0.584. The van der Waals surface area contributed by atoms with Gasteiger partial charge in [-0.2, -0.15) is 5.26 Å². The van der Waals surface area contributed by atoms with Crippen LogP contribution in [0.15, 0.2) is 24.3 Å². The molecule has 1 unspecified atom stereocenters. The van der Waals surface area contributed by atoms with Gasteiger partial charge in [-0.3, -0.25) is 0 Å². The summed E-state index contributed by atoms with van der Waals surface area (Å²) in [4.78, 5) is 0. The fourth-order valence-corrected chi connectivity index (χ4v) is 3.76. The lowest BCUT2D eigenvalue weighted by atomic mass is 9.79. The monoisotopic (exact) mass is 297 g/mol. The molecule has 1 saturated carbocycles. The van der Waals surface area contributed by atoms with E-state index in [1.165, 1.54) is 56.1 Å². The van der Waals surface area contributed by atoms with Gasteiger partial charge in [0.1, 0.15) is 0 Å². The van der Waals surface area contributed by atoms with E-state index >= 15 is 0 Å². The van der Waals surface area contributed by atoms with Crippen LogP contribution in [0.3, 0.4) is 0 Å². The summed E-state index contributed by atoms with van der Waals surface area (Å²) in [5.41, 5.74) is 2.99. The second-order valence-corrected chi connectivity index (χ2v) is 7.04. The second kappa shape index (κ2) is 8.99. The topological polar surface area (TPSA) is 23.8 Å². The van der Waals surface area contributed by atoms with Gasteiger partial charge in [-0.1, -0.05) is 63.8 Å². The Balaban J connectivity index is 1.89. The Morgan fingerprint density at radius 1 is 1.09 bits per heavy atom. The van der Waals surface area contributed by atoms with Crippen molar-refractivity contribution in [2.75, 3.05) is 0 Å². The molecule has 0 heterocycles. The Kier molecular flexibility index (Phi) is 6.97. The Morgan fingerprint density at radius 2 is 1.77 bits per heavy atom. The maximum absolute atomic E-state index is 9.00. The number of nitriles is 1. The number of rotatable bonds is 7. The van der Waals surface area contributed by atoms with Crippen LogP contribution in [0.1, 0.15) is 82.3 Å². The molecule has 22 heavy (non-hydrogen) atoms. The van der Waals surface area contributed by atoms with Gasteiger partial charge in [0.25, 0.3) is 0 Å². The average molecular weight is 297 g/mol. The van der Waals surface area contributed by atoms with E-state index in [1.54, 1.807) is 0 Å². The summed E-state index contributed by atoms with van der Waals surface area (Å²) < 4.78 is 0. The summed E-state index contributed by atoms with van der Waals surface area (Å²) in [7, 11) is 0. The van der Waals surface area contributed by atoms with Gasteiger partial charge in [0.2, 0.25) is 0 Å². The van der Waals surface area contributed by atoms with E-state index in [2.05, 4.69) is 44.2 Å². The second-order valence-electron chi connectivity index (χ2n) is 7.04. The molecule has 1 nitrogen and oxygen atoms in total. The zero-order valence-electron chi connectivity index (χ0n) is 14.4. The van der Waals surface area contributed by atoms with Crippen LogP contribution < -0.4 is 0 Å². The van der Waals surface area contributed by atoms with Crippen molar-refractivity contribution in [3.63, 3.8) is 0 Å². The number of hydrogen-bond donors (Lipinski definition) is 0. The molecule has 2 rings (SSSR count). The third-order valence-corrected chi connectivity index (χ3v) is 5.43. The Hall–Kier alpha value is -1.29. The van der Waals surface area contributed by atoms with E-state index in [4.69, 9.17) is 5.26 Å². The molecule has 0 bridgehead atoms.